The van der Waals surface area contributed by atoms with Gasteiger partial charge in [-0.05, 0) is 42.2 Å². The maximum atomic E-state index is 13.4. The van der Waals surface area contributed by atoms with Crippen molar-refractivity contribution >= 4 is 11.8 Å². The minimum absolute atomic E-state index is 0.140. The van der Waals surface area contributed by atoms with E-state index in [1.54, 1.807) is 6.07 Å². The second-order valence-corrected chi connectivity index (χ2v) is 7.04. The Balaban J connectivity index is 1.83. The van der Waals surface area contributed by atoms with Crippen LogP contribution in [0.4, 0.5) is 18.0 Å². The number of hydrogen-bond acceptors (Lipinski definition) is 3. The highest BCUT2D eigenvalue weighted by Gasteiger charge is 2.45. The van der Waals surface area contributed by atoms with E-state index in [1.807, 2.05) is 0 Å². The molecule has 4 nitrogen and oxygen atoms in total. The molecule has 1 aliphatic carbocycles. The van der Waals surface area contributed by atoms with E-state index in [4.69, 9.17) is 4.74 Å². The number of benzene rings is 1. The number of carbonyl (C=O) groups is 1. The quantitative estimate of drug-likeness (QED) is 0.896. The minimum Gasteiger partial charge on any atom is -0.442 e. The standard InChI is InChI=1S/C17H19F3N2O2/c1-16(2)8-12(16)6-5-10-3-4-11(7-13(10)17(18,19)20)14-9-24-15(23)22-21-14/h3-4,7,12H,5-6,8-9H2,1-2H3,(H,22,23). The van der Waals surface area contributed by atoms with Gasteiger partial charge >= 0.3 is 12.3 Å². The Morgan fingerprint density at radius 3 is 2.62 bits per heavy atom. The zero-order chi connectivity index (χ0) is 17.5. The summed E-state index contributed by atoms with van der Waals surface area (Å²) in [6, 6.07) is 4.20. The molecule has 130 valence electrons. The van der Waals surface area contributed by atoms with Gasteiger partial charge in [0.15, 0.2) is 0 Å². The van der Waals surface area contributed by atoms with Crippen LogP contribution in [-0.4, -0.2) is 18.4 Å². The molecule has 1 fully saturated rings. The number of alkyl halides is 3. The summed E-state index contributed by atoms with van der Waals surface area (Å²) < 4.78 is 45.0. The van der Waals surface area contributed by atoms with Crippen molar-refractivity contribution in [2.24, 2.45) is 16.4 Å². The molecule has 7 heteroatoms. The number of nitrogens with one attached hydrogen (secondary N) is 1. The van der Waals surface area contributed by atoms with Crippen molar-refractivity contribution in [1.29, 1.82) is 0 Å². The van der Waals surface area contributed by atoms with Crippen LogP contribution in [0.3, 0.4) is 0 Å². The summed E-state index contributed by atoms with van der Waals surface area (Å²) in [4.78, 5) is 10.9. The Morgan fingerprint density at radius 1 is 1.38 bits per heavy atom. The number of cyclic esters (lactones) is 1. The molecule has 0 bridgehead atoms. The van der Waals surface area contributed by atoms with Crippen molar-refractivity contribution in [1.82, 2.24) is 5.43 Å². The number of carbonyl (C=O) groups excluding carboxylic acids is 1. The van der Waals surface area contributed by atoms with Crippen LogP contribution in [0.15, 0.2) is 23.3 Å². The van der Waals surface area contributed by atoms with Gasteiger partial charge in [0.2, 0.25) is 0 Å². The van der Waals surface area contributed by atoms with Gasteiger partial charge in [0.05, 0.1) is 5.56 Å². The molecule has 2 aliphatic rings. The highest BCUT2D eigenvalue weighted by Crippen LogP contribution is 2.54. The maximum absolute atomic E-state index is 13.4. The summed E-state index contributed by atoms with van der Waals surface area (Å²) in [6.07, 6.45) is -2.90. The van der Waals surface area contributed by atoms with Crippen molar-refractivity contribution in [3.05, 3.63) is 34.9 Å². The van der Waals surface area contributed by atoms with Gasteiger partial charge in [0.25, 0.3) is 0 Å². The first-order valence-electron chi connectivity index (χ1n) is 7.86. The van der Waals surface area contributed by atoms with E-state index in [-0.39, 0.29) is 17.7 Å². The van der Waals surface area contributed by atoms with Gasteiger partial charge in [-0.2, -0.15) is 18.3 Å². The third-order valence-corrected chi connectivity index (χ3v) is 4.85. The van der Waals surface area contributed by atoms with Crippen LogP contribution in [0, 0.1) is 11.3 Å². The Hall–Kier alpha value is -2.05. The summed E-state index contributed by atoms with van der Waals surface area (Å²) in [5, 5.41) is 3.76. The maximum Gasteiger partial charge on any atom is 0.428 e. The summed E-state index contributed by atoms with van der Waals surface area (Å²) in [6.45, 7) is 4.14. The van der Waals surface area contributed by atoms with Crippen LogP contribution in [0.25, 0.3) is 0 Å². The lowest BCUT2D eigenvalue weighted by molar-refractivity contribution is -0.138. The van der Waals surface area contributed by atoms with Crippen molar-refractivity contribution in [3.63, 3.8) is 0 Å². The van der Waals surface area contributed by atoms with E-state index in [0.717, 1.165) is 18.9 Å². The van der Waals surface area contributed by atoms with Crippen LogP contribution in [0.1, 0.15) is 43.4 Å². The summed E-state index contributed by atoms with van der Waals surface area (Å²) >= 11 is 0. The molecule has 0 aromatic heterocycles. The topological polar surface area (TPSA) is 50.7 Å². The van der Waals surface area contributed by atoms with Gasteiger partial charge in [-0.25, -0.2) is 10.2 Å². The molecule has 3 rings (SSSR count). The van der Waals surface area contributed by atoms with Crippen LogP contribution in [0.2, 0.25) is 0 Å². The van der Waals surface area contributed by atoms with Crippen molar-refractivity contribution < 1.29 is 22.7 Å². The smallest absolute Gasteiger partial charge is 0.428 e. The third kappa shape index (κ3) is 3.55. The molecule has 0 saturated heterocycles. The van der Waals surface area contributed by atoms with Gasteiger partial charge in [-0.15, -0.1) is 0 Å². The van der Waals surface area contributed by atoms with Gasteiger partial charge in [-0.3, -0.25) is 0 Å². The highest BCUT2D eigenvalue weighted by atomic mass is 19.4. The highest BCUT2D eigenvalue weighted by molar-refractivity contribution is 6.03. The molecule has 1 aliphatic heterocycles. The van der Waals surface area contributed by atoms with Crippen molar-refractivity contribution in [2.75, 3.05) is 6.61 Å². The number of ether oxygens (including phenoxy) is 1. The van der Waals surface area contributed by atoms with Crippen molar-refractivity contribution in [2.45, 2.75) is 39.3 Å². The second-order valence-electron chi connectivity index (χ2n) is 7.04. The van der Waals surface area contributed by atoms with Crippen LogP contribution < -0.4 is 5.43 Å². The molecule has 0 radical (unpaired) electrons. The first kappa shape index (κ1) is 16.8. The largest absolute Gasteiger partial charge is 0.442 e. The number of hydrazone groups is 1. The first-order chi connectivity index (χ1) is 11.2. The Kier molecular flexibility index (Phi) is 4.05. The predicted octanol–water partition coefficient (Wildman–Crippen LogP) is 4.13. The third-order valence-electron chi connectivity index (χ3n) is 4.85. The molecule has 1 N–H and O–H groups in total. The number of hydrogen-bond donors (Lipinski definition) is 1. The first-order valence-corrected chi connectivity index (χ1v) is 7.86. The molecule has 1 aromatic carbocycles. The number of amides is 1. The van der Waals surface area contributed by atoms with Gasteiger partial charge in [0.1, 0.15) is 12.3 Å². The SMILES string of the molecule is CC1(C)CC1CCc1ccc(C2=NNC(=O)OC2)cc1C(F)(F)F. The van der Waals surface area contributed by atoms with Crippen LogP contribution in [-0.2, 0) is 17.3 Å². The summed E-state index contributed by atoms with van der Waals surface area (Å²) in [5.74, 6) is 0.490. The van der Waals surface area contributed by atoms with Crippen LogP contribution in [0.5, 0.6) is 0 Å². The molecule has 1 amide bonds. The average Bonchev–Trinajstić information content (AvgIpc) is 3.12. The lowest BCUT2D eigenvalue weighted by Gasteiger charge is -2.17. The molecule has 1 saturated carbocycles. The molecular formula is C17H19F3N2O2. The Morgan fingerprint density at radius 2 is 2.08 bits per heavy atom. The second kappa shape index (κ2) is 5.79. The zero-order valence-electron chi connectivity index (χ0n) is 13.5. The minimum atomic E-state index is -4.43. The van der Waals surface area contributed by atoms with Gasteiger partial charge in [-0.1, -0.05) is 26.0 Å². The summed E-state index contributed by atoms with van der Waals surface area (Å²) in [7, 11) is 0. The number of halogens is 3. The monoisotopic (exact) mass is 340 g/mol. The number of nitrogens with zero attached hydrogens (tertiary/aromatic N) is 1. The molecular weight excluding hydrogens is 321 g/mol. The normalized spacial score (nSPS) is 22.5. The fourth-order valence-corrected chi connectivity index (χ4v) is 3.10. The molecule has 1 atom stereocenters. The molecule has 24 heavy (non-hydrogen) atoms. The van der Waals surface area contributed by atoms with E-state index in [0.29, 0.717) is 23.5 Å². The fourth-order valence-electron chi connectivity index (χ4n) is 3.10. The summed E-state index contributed by atoms with van der Waals surface area (Å²) in [5.41, 5.74) is 2.60. The lowest BCUT2D eigenvalue weighted by Crippen LogP contribution is -2.30. The number of rotatable bonds is 4. The Bertz CT molecular complexity index is 696. The fraction of sp³-hybridized carbons (Fsp3) is 0.529. The van der Waals surface area contributed by atoms with Gasteiger partial charge < -0.3 is 4.74 Å². The zero-order valence-corrected chi connectivity index (χ0v) is 13.5. The predicted molar refractivity (Wildman–Crippen MR) is 82.7 cm³/mol. The number of aryl methyl sites for hydroxylation is 1. The Labute approximate surface area is 138 Å². The van der Waals surface area contributed by atoms with E-state index in [1.165, 1.54) is 6.07 Å². The molecule has 1 heterocycles. The molecule has 1 unspecified atom stereocenters. The van der Waals surface area contributed by atoms with E-state index in [2.05, 4.69) is 24.4 Å². The van der Waals surface area contributed by atoms with Gasteiger partial charge in [0, 0.05) is 5.56 Å². The molecule has 0 spiro atoms. The average molecular weight is 340 g/mol. The lowest BCUT2D eigenvalue weighted by atomic mass is 9.95. The molecule has 1 aromatic rings. The van der Waals surface area contributed by atoms with Crippen molar-refractivity contribution in [3.8, 4) is 0 Å². The van der Waals surface area contributed by atoms with E-state index in [9.17, 15) is 18.0 Å². The van der Waals surface area contributed by atoms with Crippen LogP contribution >= 0.6 is 0 Å². The van der Waals surface area contributed by atoms with E-state index < -0.39 is 17.8 Å². The van der Waals surface area contributed by atoms with E-state index >= 15 is 0 Å².